The smallest absolute Gasteiger partial charge is 0.255 e. The molecule has 0 spiro atoms. The number of amides is 2. The van der Waals surface area contributed by atoms with Crippen LogP contribution in [0.25, 0.3) is 11.0 Å². The summed E-state index contributed by atoms with van der Waals surface area (Å²) in [6, 6.07) is 27.0. The summed E-state index contributed by atoms with van der Waals surface area (Å²) >= 11 is 0. The summed E-state index contributed by atoms with van der Waals surface area (Å²) in [6.07, 6.45) is 3.06. The fourth-order valence-corrected chi connectivity index (χ4v) is 5.22. The number of halogens is 1. The Balaban J connectivity index is 1.38. The van der Waals surface area contributed by atoms with Gasteiger partial charge in [0, 0.05) is 16.5 Å². The minimum Gasteiger partial charge on any atom is -0.491 e. The number of ether oxygens (including phenoxy) is 1. The number of aliphatic hydroxyl groups excluding tert-OH is 1. The molecule has 0 radical (unpaired) electrons. The van der Waals surface area contributed by atoms with Gasteiger partial charge in [0.2, 0.25) is 0 Å². The van der Waals surface area contributed by atoms with E-state index in [9.17, 15) is 19.1 Å². The number of rotatable bonds is 10. The van der Waals surface area contributed by atoms with Crippen LogP contribution in [-0.2, 0) is 5.54 Å². The Bertz CT molecular complexity index is 1730. The lowest BCUT2D eigenvalue weighted by Gasteiger charge is -2.24. The first-order chi connectivity index (χ1) is 20.5. The lowest BCUT2D eigenvalue weighted by molar-refractivity contribution is 0.0928. The van der Waals surface area contributed by atoms with Gasteiger partial charge in [0.15, 0.2) is 0 Å². The second-order valence-corrected chi connectivity index (χ2v) is 10.3. The minimum absolute atomic E-state index is 0.00607. The highest BCUT2D eigenvalue weighted by atomic mass is 19.1. The monoisotopic (exact) mass is 564 g/mol. The van der Waals surface area contributed by atoms with E-state index in [1.54, 1.807) is 42.5 Å². The molecule has 1 aromatic heterocycles. The number of para-hydroxylation sites is 1. The summed E-state index contributed by atoms with van der Waals surface area (Å²) in [5, 5.41) is 16.3. The van der Waals surface area contributed by atoms with Crippen molar-refractivity contribution in [1.29, 1.82) is 0 Å². The predicted molar refractivity (Wildman–Crippen MR) is 156 cm³/mol. The van der Waals surface area contributed by atoms with Crippen molar-refractivity contribution in [3.05, 3.63) is 137 Å². The molecule has 42 heavy (non-hydrogen) atoms. The third-order valence-corrected chi connectivity index (χ3v) is 7.57. The lowest BCUT2D eigenvalue weighted by Crippen LogP contribution is -2.35. The molecule has 6 rings (SSSR count). The maximum absolute atomic E-state index is 13.9. The number of hydrogen-bond donors (Lipinski definition) is 3. The topological polar surface area (TPSA) is 101 Å². The van der Waals surface area contributed by atoms with E-state index in [1.165, 1.54) is 18.4 Å². The maximum atomic E-state index is 13.9. The molecule has 212 valence electrons. The van der Waals surface area contributed by atoms with E-state index in [0.717, 1.165) is 18.4 Å². The molecular formula is C34H29FN2O5. The summed E-state index contributed by atoms with van der Waals surface area (Å²) in [5.41, 5.74) is 2.96. The zero-order valence-corrected chi connectivity index (χ0v) is 22.7. The highest BCUT2D eigenvalue weighted by Crippen LogP contribution is 2.45. The summed E-state index contributed by atoms with van der Waals surface area (Å²) in [6.45, 7) is -0.220. The summed E-state index contributed by atoms with van der Waals surface area (Å²) in [5.74, 6) is -0.740. The molecule has 0 bridgehead atoms. The molecule has 0 saturated heterocycles. The normalized spacial score (nSPS) is 14.2. The molecule has 1 unspecified atom stereocenters. The molecule has 1 aliphatic rings. The van der Waals surface area contributed by atoms with Gasteiger partial charge >= 0.3 is 0 Å². The lowest BCUT2D eigenvalue weighted by atomic mass is 9.95. The van der Waals surface area contributed by atoms with E-state index in [0.29, 0.717) is 39.0 Å². The quantitative estimate of drug-likeness (QED) is 0.197. The highest BCUT2D eigenvalue weighted by Gasteiger charge is 2.45. The van der Waals surface area contributed by atoms with Gasteiger partial charge in [0.1, 0.15) is 30.0 Å². The molecular weight excluding hydrogens is 535 g/mol. The average molecular weight is 565 g/mol. The second kappa shape index (κ2) is 11.5. The molecule has 2 amide bonds. The largest absolute Gasteiger partial charge is 0.491 e. The molecule has 5 aromatic rings. The fraction of sp³-hybridized carbons (Fsp3) is 0.176. The van der Waals surface area contributed by atoms with Crippen molar-refractivity contribution >= 4 is 22.8 Å². The number of furan rings is 1. The molecule has 1 fully saturated rings. The van der Waals surface area contributed by atoms with E-state index in [1.807, 2.05) is 42.5 Å². The van der Waals surface area contributed by atoms with Crippen LogP contribution < -0.4 is 15.4 Å². The predicted octanol–water partition coefficient (Wildman–Crippen LogP) is 5.88. The number of hydrogen-bond acceptors (Lipinski definition) is 5. The number of fused-ring (bicyclic) bond motifs is 1. The second-order valence-electron chi connectivity index (χ2n) is 10.3. The average Bonchev–Trinajstić information content (AvgIpc) is 3.68. The Labute approximate surface area is 241 Å². The van der Waals surface area contributed by atoms with Gasteiger partial charge in [-0.25, -0.2) is 4.39 Å². The van der Waals surface area contributed by atoms with Crippen LogP contribution >= 0.6 is 0 Å². The zero-order valence-electron chi connectivity index (χ0n) is 22.7. The van der Waals surface area contributed by atoms with Crippen LogP contribution in [0.15, 0.2) is 108 Å². The first kappa shape index (κ1) is 27.2. The highest BCUT2D eigenvalue weighted by molar-refractivity contribution is 6.06. The molecule has 0 aliphatic heterocycles. The Morgan fingerprint density at radius 3 is 2.40 bits per heavy atom. The van der Waals surface area contributed by atoms with E-state index >= 15 is 0 Å². The summed E-state index contributed by atoms with van der Waals surface area (Å²) in [4.78, 5) is 27.2. The van der Waals surface area contributed by atoms with Gasteiger partial charge in [0.25, 0.3) is 11.8 Å². The third-order valence-electron chi connectivity index (χ3n) is 7.57. The van der Waals surface area contributed by atoms with Crippen molar-refractivity contribution in [2.75, 3.05) is 13.2 Å². The van der Waals surface area contributed by atoms with Crippen molar-refractivity contribution in [2.24, 2.45) is 0 Å². The number of benzene rings is 4. The van der Waals surface area contributed by atoms with Gasteiger partial charge in [-0.15, -0.1) is 0 Å². The van der Waals surface area contributed by atoms with E-state index in [-0.39, 0.29) is 19.1 Å². The molecule has 7 nitrogen and oxygen atoms in total. The Morgan fingerprint density at radius 2 is 1.67 bits per heavy atom. The van der Waals surface area contributed by atoms with Crippen molar-refractivity contribution in [2.45, 2.75) is 24.4 Å². The summed E-state index contributed by atoms with van der Waals surface area (Å²) in [7, 11) is 0. The van der Waals surface area contributed by atoms with Crippen LogP contribution in [0.4, 0.5) is 4.39 Å². The van der Waals surface area contributed by atoms with E-state index in [2.05, 4.69) is 10.6 Å². The molecule has 1 aliphatic carbocycles. The number of carbonyl (C=O) groups excluding carboxylic acids is 2. The van der Waals surface area contributed by atoms with Crippen molar-refractivity contribution < 1.29 is 28.2 Å². The summed E-state index contributed by atoms with van der Waals surface area (Å²) < 4.78 is 25.4. The van der Waals surface area contributed by atoms with Crippen LogP contribution in [-0.4, -0.2) is 30.1 Å². The van der Waals surface area contributed by atoms with Crippen LogP contribution in [0.1, 0.15) is 56.3 Å². The van der Waals surface area contributed by atoms with Gasteiger partial charge < -0.3 is 24.9 Å². The molecule has 3 N–H and O–H groups in total. The fourth-order valence-electron chi connectivity index (χ4n) is 5.22. The standard InChI is InChI=1S/C34H29FN2O5/c35-25-13-10-22(11-14-25)31(36-33(40)28-21-42-29-9-5-4-8-26(28)29)27-20-23(12-15-30(27)41-19-18-38)32(39)37-34(16-17-34)24-6-2-1-3-7-24/h1-15,20-21,31,38H,16-19H2,(H,36,40)(H,37,39). The van der Waals surface area contributed by atoms with Gasteiger partial charge in [-0.1, -0.05) is 60.7 Å². The molecule has 1 saturated carbocycles. The molecule has 4 aromatic carbocycles. The number of carbonyl (C=O) groups is 2. The minimum atomic E-state index is -0.822. The molecule has 1 heterocycles. The molecule has 8 heteroatoms. The van der Waals surface area contributed by atoms with Crippen LogP contribution in [0, 0.1) is 5.82 Å². The first-order valence-electron chi connectivity index (χ1n) is 13.8. The SMILES string of the molecule is O=C(NC1(c2ccccc2)CC1)c1ccc(OCCO)c(C(NC(=O)c2coc3ccccc23)c2ccc(F)cc2)c1. The van der Waals surface area contributed by atoms with Crippen LogP contribution in [0.3, 0.4) is 0 Å². The van der Waals surface area contributed by atoms with Gasteiger partial charge in [0.05, 0.1) is 23.8 Å². The Morgan fingerprint density at radius 1 is 0.929 bits per heavy atom. The zero-order chi connectivity index (χ0) is 29.1. The van der Waals surface area contributed by atoms with Crippen LogP contribution in [0.2, 0.25) is 0 Å². The van der Waals surface area contributed by atoms with Crippen LogP contribution in [0.5, 0.6) is 5.75 Å². The number of aliphatic hydroxyl groups is 1. The van der Waals surface area contributed by atoms with Gasteiger partial charge in [-0.2, -0.15) is 0 Å². The van der Waals surface area contributed by atoms with Crippen molar-refractivity contribution in [1.82, 2.24) is 10.6 Å². The van der Waals surface area contributed by atoms with Gasteiger partial charge in [-0.3, -0.25) is 9.59 Å². The molecule has 1 atom stereocenters. The van der Waals surface area contributed by atoms with Gasteiger partial charge in [-0.05, 0) is 60.4 Å². The number of nitrogens with one attached hydrogen (secondary N) is 2. The van der Waals surface area contributed by atoms with Crippen molar-refractivity contribution in [3.8, 4) is 5.75 Å². The third kappa shape index (κ3) is 5.49. The Kier molecular flexibility index (Phi) is 7.46. The van der Waals surface area contributed by atoms with E-state index < -0.39 is 23.3 Å². The maximum Gasteiger partial charge on any atom is 0.255 e. The van der Waals surface area contributed by atoms with Crippen molar-refractivity contribution in [3.63, 3.8) is 0 Å². The Hall–Kier alpha value is -4.95. The first-order valence-corrected chi connectivity index (χ1v) is 13.8. The van der Waals surface area contributed by atoms with E-state index in [4.69, 9.17) is 9.15 Å².